The van der Waals surface area contributed by atoms with Crippen LogP contribution in [0.4, 0.5) is 0 Å². The van der Waals surface area contributed by atoms with Crippen LogP contribution in [-0.2, 0) is 52.7 Å². The third-order valence-electron chi connectivity index (χ3n) is 10.7. The highest BCUT2D eigenvalue weighted by Gasteiger charge is 2.37. The summed E-state index contributed by atoms with van der Waals surface area (Å²) in [4.78, 5) is 157. The molecule has 0 aliphatic carbocycles. The Morgan fingerprint density at radius 1 is 0.583 bits per heavy atom. The molecule has 0 unspecified atom stereocenters. The van der Waals surface area contributed by atoms with Gasteiger partial charge in [0.1, 0.15) is 48.3 Å². The summed E-state index contributed by atoms with van der Waals surface area (Å²) in [5, 5.41) is 20.6. The average molecular weight is 1090 g/mol. The fourth-order valence-electron chi connectivity index (χ4n) is 6.48. The van der Waals surface area contributed by atoms with Crippen LogP contribution in [-0.4, -0.2) is 167 Å². The van der Waals surface area contributed by atoms with Gasteiger partial charge in [0.25, 0.3) is 0 Å². The van der Waals surface area contributed by atoms with E-state index in [2.05, 4.69) is 52.5 Å². The molecule has 29 nitrogen and oxygen atoms in total. The van der Waals surface area contributed by atoms with Crippen molar-refractivity contribution in [2.45, 2.75) is 120 Å². The number of carbonyl (C=O) groups excluding carboxylic acids is 11. The largest absolute Gasteiger partial charge is 0.370 e. The highest BCUT2D eigenvalue weighted by atomic mass is 33.1. The zero-order chi connectivity index (χ0) is 54.1. The van der Waals surface area contributed by atoms with E-state index in [0.717, 1.165) is 43.2 Å². The first-order valence-corrected chi connectivity index (χ1v) is 27.5. The summed E-state index contributed by atoms with van der Waals surface area (Å²) in [6.07, 6.45) is -1.15. The van der Waals surface area contributed by atoms with Crippen LogP contribution in [0.25, 0.3) is 0 Å². The van der Waals surface area contributed by atoms with Crippen molar-refractivity contribution in [3.63, 3.8) is 0 Å². The zero-order valence-electron chi connectivity index (χ0n) is 39.8. The first-order chi connectivity index (χ1) is 33.9. The van der Waals surface area contributed by atoms with Gasteiger partial charge in [-0.25, -0.2) is 0 Å². The monoisotopic (exact) mass is 1090 g/mol. The van der Waals surface area contributed by atoms with Crippen LogP contribution in [0, 0.1) is 5.92 Å². The van der Waals surface area contributed by atoms with E-state index in [1.165, 1.54) is 0 Å². The lowest BCUT2D eigenvalue weighted by Gasteiger charge is -2.30. The molecule has 72 heavy (non-hydrogen) atoms. The number of primary amides is 3. The summed E-state index contributed by atoms with van der Waals surface area (Å²) >= 11 is 0. The Balaban J connectivity index is 2.87. The van der Waals surface area contributed by atoms with Crippen molar-refractivity contribution in [3.05, 3.63) is 0 Å². The summed E-state index contributed by atoms with van der Waals surface area (Å²) in [6, 6.07) is -13.0. The van der Waals surface area contributed by atoms with Crippen molar-refractivity contribution in [2.24, 2.45) is 61.8 Å². The maximum Gasteiger partial charge on any atom is 0.244 e. The van der Waals surface area contributed by atoms with Gasteiger partial charge in [0, 0.05) is 42.5 Å². The van der Waals surface area contributed by atoms with Crippen LogP contribution in [0.1, 0.15) is 65.2 Å². The van der Waals surface area contributed by atoms with Crippen LogP contribution in [0.15, 0.2) is 9.98 Å². The summed E-state index contributed by atoms with van der Waals surface area (Å²) < 4.78 is 0. The number of guanidine groups is 2. The Hall–Kier alpha value is -5.93. The molecule has 2 rings (SSSR count). The number of nitrogens with one attached hydrogen (secondary N) is 8. The normalized spacial score (nSPS) is 25.3. The van der Waals surface area contributed by atoms with Gasteiger partial charge in [-0.2, -0.15) is 0 Å². The van der Waals surface area contributed by atoms with Crippen LogP contribution < -0.4 is 88.4 Å². The van der Waals surface area contributed by atoms with E-state index in [1.54, 1.807) is 13.8 Å². The number of hydrogen-bond acceptors (Lipinski definition) is 18. The Kier molecular flexibility index (Phi) is 27.8. The molecule has 0 aromatic heterocycles. The molecule has 404 valence electrons. The van der Waals surface area contributed by atoms with Crippen molar-refractivity contribution in [1.29, 1.82) is 0 Å². The molecule has 0 aromatic carbocycles. The Morgan fingerprint density at radius 2 is 1.04 bits per heavy atom. The van der Waals surface area contributed by atoms with Crippen LogP contribution >= 0.6 is 43.2 Å². The first kappa shape index (κ1) is 62.2. The number of rotatable bonds is 18. The van der Waals surface area contributed by atoms with E-state index in [0.29, 0.717) is 6.42 Å². The zero-order valence-corrected chi connectivity index (χ0v) is 43.1. The Bertz CT molecular complexity index is 2010. The minimum Gasteiger partial charge on any atom is -0.370 e. The molecule has 0 spiro atoms. The fourth-order valence-corrected chi connectivity index (χ4v) is 11.1. The van der Waals surface area contributed by atoms with Gasteiger partial charge in [-0.1, -0.05) is 63.4 Å². The molecule has 2 saturated heterocycles. The van der Waals surface area contributed by atoms with Gasteiger partial charge in [-0.3, -0.25) is 62.7 Å². The van der Waals surface area contributed by atoms with E-state index in [9.17, 15) is 52.7 Å². The van der Waals surface area contributed by atoms with Gasteiger partial charge < -0.3 is 88.4 Å². The lowest BCUT2D eigenvalue weighted by molar-refractivity contribution is -0.136. The van der Waals surface area contributed by atoms with E-state index < -0.39 is 138 Å². The topological polar surface area (TPSA) is 517 Å². The van der Waals surface area contributed by atoms with Crippen LogP contribution in [0.3, 0.4) is 0 Å². The molecular formula is C39H68N18O11S4. The fraction of sp³-hybridized carbons (Fsp3) is 0.667. The van der Waals surface area contributed by atoms with E-state index in [4.69, 9.17) is 45.9 Å². The molecular weight excluding hydrogens is 1020 g/mol. The Morgan fingerprint density at radius 3 is 1.53 bits per heavy atom. The highest BCUT2D eigenvalue weighted by molar-refractivity contribution is 8.77. The predicted octanol–water partition coefficient (Wildman–Crippen LogP) is -7.24. The van der Waals surface area contributed by atoms with Crippen molar-refractivity contribution >= 4 is 120 Å². The first-order valence-electron chi connectivity index (χ1n) is 22.6. The molecule has 0 saturated carbocycles. The molecule has 10 atom stereocenters. The number of nitrogens with zero attached hydrogens (tertiary/aromatic N) is 2. The van der Waals surface area contributed by atoms with Crippen molar-refractivity contribution < 1.29 is 52.7 Å². The van der Waals surface area contributed by atoms with Crippen molar-refractivity contribution in [2.75, 3.05) is 36.1 Å². The average Bonchev–Trinajstić information content (AvgIpc) is 3.30. The Labute approximate surface area is 431 Å². The lowest BCUT2D eigenvalue weighted by Crippen LogP contribution is -2.62. The number of hydrogen-bond donors (Lipinski definition) is 16. The van der Waals surface area contributed by atoms with Gasteiger partial charge in [-0.05, 0) is 38.0 Å². The molecule has 33 heteroatoms. The van der Waals surface area contributed by atoms with E-state index in [-0.39, 0.29) is 80.1 Å². The minimum absolute atomic E-state index is 0.00701. The number of nitrogens with two attached hydrogens (primary N) is 8. The summed E-state index contributed by atoms with van der Waals surface area (Å²) in [5.74, 6) is -12.1. The molecule has 11 amide bonds. The van der Waals surface area contributed by atoms with Crippen molar-refractivity contribution in [3.8, 4) is 0 Å². The smallest absolute Gasteiger partial charge is 0.244 e. The van der Waals surface area contributed by atoms with E-state index in [1.807, 2.05) is 0 Å². The molecule has 2 heterocycles. The molecule has 2 bridgehead atoms. The molecule has 2 aliphatic heterocycles. The maximum absolute atomic E-state index is 14.4. The van der Waals surface area contributed by atoms with Gasteiger partial charge >= 0.3 is 0 Å². The molecule has 24 N–H and O–H groups in total. The van der Waals surface area contributed by atoms with Crippen LogP contribution in [0.5, 0.6) is 0 Å². The van der Waals surface area contributed by atoms with E-state index >= 15 is 0 Å². The van der Waals surface area contributed by atoms with Gasteiger partial charge in [0.2, 0.25) is 65.0 Å². The third kappa shape index (κ3) is 23.1. The number of carbonyl (C=O) groups is 11. The quantitative estimate of drug-likeness (QED) is 0.0262. The van der Waals surface area contributed by atoms with Crippen molar-refractivity contribution in [1.82, 2.24) is 42.5 Å². The summed E-state index contributed by atoms with van der Waals surface area (Å²) in [5.41, 5.74) is 44.2. The minimum atomic E-state index is -1.53. The SMILES string of the molecule is CC[C@H](C)[C@@H]1NC(=O)[C@H](CCC(N)=O)NC(=O)[C@H](CCCN=C(N)N)NC(=O)[C@H](CCCN=C(N)N)NC(=O)[C@@H]2CSSC[C@H](NC1=O)C(=O)N[C@H](C(N)=O)CSSC[C@H](NC(=O)[C@@H](N)CC(N)=O)C(=O)N2. The maximum atomic E-state index is 14.4. The van der Waals surface area contributed by atoms with Gasteiger partial charge in [0.15, 0.2) is 11.9 Å². The summed E-state index contributed by atoms with van der Waals surface area (Å²) in [6.45, 7) is 3.36. The molecule has 0 radical (unpaired) electrons. The number of fused-ring (bicyclic) bond motifs is 5. The molecule has 0 aromatic rings. The molecule has 2 aliphatic rings. The molecule has 2 fully saturated rings. The second kappa shape index (κ2) is 32.2. The second-order valence-corrected chi connectivity index (χ2v) is 21.6. The number of amides is 11. The highest BCUT2D eigenvalue weighted by Crippen LogP contribution is 2.26. The van der Waals surface area contributed by atoms with Gasteiger partial charge in [0.05, 0.1) is 12.5 Å². The third-order valence-corrected chi connectivity index (χ3v) is 15.5. The predicted molar refractivity (Wildman–Crippen MR) is 274 cm³/mol. The van der Waals surface area contributed by atoms with Gasteiger partial charge in [-0.15, -0.1) is 0 Å². The number of aliphatic imine (C=N–C) groups is 2. The standard InChI is InChI=1S/C39H68N18O11S4/c1-3-17(2)28-37(68)56-25-16-72-71-15-24(55-36(67)23(54-30(61)18(40)12-27(42)59)14-70-69-13-22(29(43)60)53-35(25)66)34(65)51-20(7-5-11-49-39(46)47)31(62)50-19(6-4-10-48-38(44)45)32(63)52-21(33(64)57-28)8-9-26(41)58/h17-25,28H,3-16,40H2,1-2H3,(H2,41,58)(H2,42,59)(H2,43,60)(H,50,62)(H,51,65)(H,52,63)(H,53,66)(H,54,61)(H,55,67)(H,56,68)(H,57,64)(H4,44,45,48)(H4,46,47,49)/t17-,18-,19-,20-,21-,22-,23-,24-,25-,28-/m0/s1. The van der Waals surface area contributed by atoms with Crippen LogP contribution in [0.2, 0.25) is 0 Å². The summed E-state index contributed by atoms with van der Waals surface area (Å²) in [7, 11) is 3.82. The second-order valence-electron chi connectivity index (χ2n) is 16.5. The lowest BCUT2D eigenvalue weighted by atomic mass is 9.97.